The molecule has 1 aliphatic carbocycles. The predicted molar refractivity (Wildman–Crippen MR) is 66.9 cm³/mol. The summed E-state index contributed by atoms with van der Waals surface area (Å²) < 4.78 is 5.26. The molecular formula is C13H25NO3. The maximum absolute atomic E-state index is 12.0. The molecule has 1 fully saturated rings. The summed E-state index contributed by atoms with van der Waals surface area (Å²) in [4.78, 5) is 13.8. The number of carbonyl (C=O) groups is 1. The molecular weight excluding hydrogens is 218 g/mol. The number of rotatable bonds is 4. The van der Waals surface area contributed by atoms with Crippen molar-refractivity contribution < 1.29 is 14.6 Å². The number of hydrogen-bond acceptors (Lipinski definition) is 3. The molecule has 0 spiro atoms. The summed E-state index contributed by atoms with van der Waals surface area (Å²) >= 11 is 0. The van der Waals surface area contributed by atoms with Crippen molar-refractivity contribution in [3.63, 3.8) is 0 Å². The maximum Gasteiger partial charge on any atom is 0.410 e. The Morgan fingerprint density at radius 1 is 1.29 bits per heavy atom. The number of amides is 1. The highest BCUT2D eigenvalue weighted by Crippen LogP contribution is 2.25. The summed E-state index contributed by atoms with van der Waals surface area (Å²) in [6, 6.07) is 0.0708. The van der Waals surface area contributed by atoms with E-state index >= 15 is 0 Å². The van der Waals surface area contributed by atoms with Crippen LogP contribution < -0.4 is 0 Å². The summed E-state index contributed by atoms with van der Waals surface area (Å²) in [5, 5.41) is 9.27. The van der Waals surface area contributed by atoms with Gasteiger partial charge in [0.25, 0.3) is 0 Å². The Hall–Kier alpha value is -0.770. The van der Waals surface area contributed by atoms with Gasteiger partial charge in [-0.15, -0.1) is 0 Å². The van der Waals surface area contributed by atoms with Crippen LogP contribution in [0.15, 0.2) is 0 Å². The Morgan fingerprint density at radius 2 is 1.88 bits per heavy atom. The van der Waals surface area contributed by atoms with Gasteiger partial charge in [0, 0.05) is 6.04 Å². The Balaban J connectivity index is 2.67. The average Bonchev–Trinajstić information content (AvgIpc) is 2.29. The highest BCUT2D eigenvalue weighted by Gasteiger charge is 2.30. The van der Waals surface area contributed by atoms with Crippen LogP contribution >= 0.6 is 0 Å². The van der Waals surface area contributed by atoms with Crippen LogP contribution in [0.5, 0.6) is 0 Å². The van der Waals surface area contributed by atoms with Crippen LogP contribution in [0.4, 0.5) is 4.79 Å². The zero-order valence-electron chi connectivity index (χ0n) is 11.2. The molecule has 0 heterocycles. The van der Waals surface area contributed by atoms with E-state index in [9.17, 15) is 9.90 Å². The van der Waals surface area contributed by atoms with Gasteiger partial charge in [0.15, 0.2) is 0 Å². The zero-order chi connectivity index (χ0) is 12.8. The van der Waals surface area contributed by atoms with E-state index in [4.69, 9.17) is 4.74 Å². The molecule has 0 unspecified atom stereocenters. The number of carbonyl (C=O) groups excluding carboxylic acids is 1. The number of hydrogen-bond donors (Lipinski definition) is 1. The third kappa shape index (κ3) is 4.19. The van der Waals surface area contributed by atoms with Gasteiger partial charge in [0.1, 0.15) is 0 Å². The van der Waals surface area contributed by atoms with E-state index in [1.54, 1.807) is 4.90 Å². The van der Waals surface area contributed by atoms with Gasteiger partial charge in [-0.1, -0.05) is 19.3 Å². The standard InChI is InChI=1S/C13H25NO3/c1-10(2)17-13(16)14(11(3)9-15)12-7-5-4-6-8-12/h10-12,15H,4-9H2,1-3H3/t11-/m0/s1. The van der Waals surface area contributed by atoms with E-state index in [0.717, 1.165) is 25.7 Å². The van der Waals surface area contributed by atoms with Crippen LogP contribution in [0.2, 0.25) is 0 Å². The summed E-state index contributed by atoms with van der Waals surface area (Å²) in [6.07, 6.45) is 5.22. The molecule has 0 aromatic carbocycles. The number of aliphatic hydroxyl groups excluding tert-OH is 1. The first-order valence-electron chi connectivity index (χ1n) is 6.66. The highest BCUT2D eigenvalue weighted by atomic mass is 16.6. The fraction of sp³-hybridized carbons (Fsp3) is 0.923. The second-order valence-corrected chi connectivity index (χ2v) is 5.16. The topological polar surface area (TPSA) is 49.8 Å². The summed E-state index contributed by atoms with van der Waals surface area (Å²) in [5.74, 6) is 0. The highest BCUT2D eigenvalue weighted by molar-refractivity contribution is 5.68. The molecule has 0 aliphatic heterocycles. The van der Waals surface area contributed by atoms with E-state index in [1.807, 2.05) is 20.8 Å². The monoisotopic (exact) mass is 243 g/mol. The van der Waals surface area contributed by atoms with Gasteiger partial charge in [0.2, 0.25) is 0 Å². The Kier molecular flexibility index (Phi) is 5.75. The van der Waals surface area contributed by atoms with Gasteiger partial charge in [0.05, 0.1) is 18.8 Å². The van der Waals surface area contributed by atoms with E-state index in [-0.39, 0.29) is 30.9 Å². The molecule has 4 heteroatoms. The fourth-order valence-corrected chi connectivity index (χ4v) is 2.40. The van der Waals surface area contributed by atoms with Gasteiger partial charge in [-0.25, -0.2) is 4.79 Å². The maximum atomic E-state index is 12.0. The molecule has 0 aromatic heterocycles. The molecule has 1 amide bonds. The Labute approximate surface area is 104 Å². The second-order valence-electron chi connectivity index (χ2n) is 5.16. The smallest absolute Gasteiger partial charge is 0.410 e. The Morgan fingerprint density at radius 3 is 2.35 bits per heavy atom. The number of ether oxygens (including phenoxy) is 1. The minimum absolute atomic E-state index is 0.0102. The number of nitrogens with zero attached hydrogens (tertiary/aromatic N) is 1. The first-order valence-corrected chi connectivity index (χ1v) is 6.66. The second kappa shape index (κ2) is 6.84. The first-order chi connectivity index (χ1) is 8.06. The Bertz CT molecular complexity index is 237. The van der Waals surface area contributed by atoms with Crippen molar-refractivity contribution in [1.82, 2.24) is 4.90 Å². The molecule has 1 saturated carbocycles. The van der Waals surface area contributed by atoms with Crippen LogP contribution in [0.25, 0.3) is 0 Å². The molecule has 17 heavy (non-hydrogen) atoms. The molecule has 1 rings (SSSR count). The third-order valence-corrected chi connectivity index (χ3v) is 3.25. The molecule has 4 nitrogen and oxygen atoms in total. The lowest BCUT2D eigenvalue weighted by molar-refractivity contribution is 0.0286. The molecule has 1 atom stereocenters. The van der Waals surface area contributed by atoms with Crippen LogP contribution in [0, 0.1) is 0 Å². The van der Waals surface area contributed by atoms with Gasteiger partial charge < -0.3 is 14.7 Å². The molecule has 1 aliphatic rings. The van der Waals surface area contributed by atoms with Crippen molar-refractivity contribution in [2.24, 2.45) is 0 Å². The summed E-state index contributed by atoms with van der Waals surface area (Å²) in [5.41, 5.74) is 0. The van der Waals surface area contributed by atoms with Crippen molar-refractivity contribution >= 4 is 6.09 Å². The lowest BCUT2D eigenvalue weighted by Gasteiger charge is -2.37. The van der Waals surface area contributed by atoms with Crippen molar-refractivity contribution in [2.75, 3.05) is 6.61 Å². The molecule has 1 N–H and O–H groups in total. The first kappa shape index (κ1) is 14.3. The SMILES string of the molecule is CC(C)OC(=O)N(C1CCCCC1)[C@@H](C)CO. The summed E-state index contributed by atoms with van der Waals surface area (Å²) in [6.45, 7) is 5.56. The summed E-state index contributed by atoms with van der Waals surface area (Å²) in [7, 11) is 0. The van der Waals surface area contributed by atoms with Crippen molar-refractivity contribution in [1.29, 1.82) is 0 Å². The third-order valence-electron chi connectivity index (χ3n) is 3.25. The van der Waals surface area contributed by atoms with Crippen molar-refractivity contribution in [3.8, 4) is 0 Å². The lowest BCUT2D eigenvalue weighted by atomic mass is 9.93. The van der Waals surface area contributed by atoms with Gasteiger partial charge in [-0.05, 0) is 33.6 Å². The average molecular weight is 243 g/mol. The quantitative estimate of drug-likeness (QED) is 0.825. The molecule has 100 valence electrons. The zero-order valence-corrected chi connectivity index (χ0v) is 11.2. The van der Waals surface area contributed by atoms with E-state index in [1.165, 1.54) is 6.42 Å². The van der Waals surface area contributed by atoms with Crippen molar-refractivity contribution in [2.45, 2.75) is 71.1 Å². The van der Waals surface area contributed by atoms with Crippen LogP contribution in [-0.2, 0) is 4.74 Å². The predicted octanol–water partition coefficient (Wildman–Crippen LogP) is 2.55. The lowest BCUT2D eigenvalue weighted by Crippen LogP contribution is -2.49. The van der Waals surface area contributed by atoms with Crippen molar-refractivity contribution in [3.05, 3.63) is 0 Å². The van der Waals surface area contributed by atoms with Crippen LogP contribution in [-0.4, -0.2) is 40.9 Å². The normalized spacial score (nSPS) is 19.1. The molecule has 0 aromatic rings. The van der Waals surface area contributed by atoms with E-state index in [0.29, 0.717) is 0 Å². The fourth-order valence-electron chi connectivity index (χ4n) is 2.40. The van der Waals surface area contributed by atoms with Crippen LogP contribution in [0.1, 0.15) is 52.9 Å². The minimum Gasteiger partial charge on any atom is -0.447 e. The van der Waals surface area contributed by atoms with E-state index < -0.39 is 0 Å². The number of aliphatic hydroxyl groups is 1. The van der Waals surface area contributed by atoms with E-state index in [2.05, 4.69) is 0 Å². The van der Waals surface area contributed by atoms with Crippen LogP contribution in [0.3, 0.4) is 0 Å². The van der Waals surface area contributed by atoms with Gasteiger partial charge in [-0.3, -0.25) is 0 Å². The molecule has 0 radical (unpaired) electrons. The van der Waals surface area contributed by atoms with Gasteiger partial charge in [-0.2, -0.15) is 0 Å². The van der Waals surface area contributed by atoms with Gasteiger partial charge >= 0.3 is 6.09 Å². The molecule has 0 bridgehead atoms. The largest absolute Gasteiger partial charge is 0.447 e. The molecule has 0 saturated heterocycles. The minimum atomic E-state index is -0.284.